The van der Waals surface area contributed by atoms with Crippen molar-refractivity contribution < 1.29 is 4.79 Å². The Balaban J connectivity index is 1.48. The number of hydrogen-bond acceptors (Lipinski definition) is 2. The summed E-state index contributed by atoms with van der Waals surface area (Å²) in [6, 6.07) is 0.504. The van der Waals surface area contributed by atoms with Crippen molar-refractivity contribution in [3.63, 3.8) is 0 Å². The zero-order valence-electron chi connectivity index (χ0n) is 10.8. The highest BCUT2D eigenvalue weighted by Gasteiger charge is 2.22. The Kier molecular flexibility index (Phi) is 5.30. The van der Waals surface area contributed by atoms with Gasteiger partial charge < -0.3 is 10.6 Å². The van der Waals surface area contributed by atoms with Gasteiger partial charge in [0.1, 0.15) is 0 Å². The summed E-state index contributed by atoms with van der Waals surface area (Å²) < 4.78 is 0. The standard InChI is InChI=1S/C14H26N2O/c17-14(16-13-7-8-13)9-10-15-11-12-5-3-1-2-4-6-12/h12-13,15H,1-11H2,(H,16,17). The van der Waals surface area contributed by atoms with E-state index in [9.17, 15) is 4.79 Å². The van der Waals surface area contributed by atoms with Crippen LogP contribution in [0.4, 0.5) is 0 Å². The molecule has 0 unspecified atom stereocenters. The molecule has 2 fully saturated rings. The first-order valence-electron chi connectivity index (χ1n) is 7.34. The van der Waals surface area contributed by atoms with E-state index in [2.05, 4.69) is 10.6 Å². The van der Waals surface area contributed by atoms with Crippen molar-refractivity contribution in [2.24, 2.45) is 5.92 Å². The van der Waals surface area contributed by atoms with Crippen LogP contribution in [-0.4, -0.2) is 25.0 Å². The van der Waals surface area contributed by atoms with Gasteiger partial charge in [0.25, 0.3) is 0 Å². The van der Waals surface area contributed by atoms with Crippen LogP contribution >= 0.6 is 0 Å². The highest BCUT2D eigenvalue weighted by molar-refractivity contribution is 5.76. The third-order valence-electron chi connectivity index (χ3n) is 3.88. The van der Waals surface area contributed by atoms with E-state index in [4.69, 9.17) is 0 Å². The Morgan fingerprint density at radius 2 is 1.71 bits per heavy atom. The normalized spacial score (nSPS) is 22.1. The van der Waals surface area contributed by atoms with E-state index in [0.29, 0.717) is 12.5 Å². The van der Waals surface area contributed by atoms with Crippen molar-refractivity contribution >= 4 is 5.91 Å². The Hall–Kier alpha value is -0.570. The van der Waals surface area contributed by atoms with E-state index >= 15 is 0 Å². The van der Waals surface area contributed by atoms with Crippen molar-refractivity contribution in [2.75, 3.05) is 13.1 Å². The lowest BCUT2D eigenvalue weighted by molar-refractivity contribution is -0.121. The van der Waals surface area contributed by atoms with Crippen LogP contribution in [0.2, 0.25) is 0 Å². The SMILES string of the molecule is O=C(CCNCC1CCCCCC1)NC1CC1. The molecule has 0 radical (unpaired) electrons. The molecule has 2 N–H and O–H groups in total. The maximum atomic E-state index is 11.4. The van der Waals surface area contributed by atoms with Gasteiger partial charge in [0, 0.05) is 19.0 Å². The number of carbonyl (C=O) groups is 1. The molecular formula is C14H26N2O. The molecule has 0 aromatic heterocycles. The molecule has 3 heteroatoms. The molecule has 17 heavy (non-hydrogen) atoms. The molecule has 0 atom stereocenters. The van der Waals surface area contributed by atoms with Crippen LogP contribution in [-0.2, 0) is 4.79 Å². The van der Waals surface area contributed by atoms with E-state index < -0.39 is 0 Å². The van der Waals surface area contributed by atoms with Crippen molar-refractivity contribution in [2.45, 2.75) is 63.8 Å². The number of carbonyl (C=O) groups excluding carboxylic acids is 1. The summed E-state index contributed by atoms with van der Waals surface area (Å²) in [6.45, 7) is 1.95. The van der Waals surface area contributed by atoms with Gasteiger partial charge in [0.15, 0.2) is 0 Å². The summed E-state index contributed by atoms with van der Waals surface area (Å²) in [7, 11) is 0. The first kappa shape index (κ1) is 12.9. The molecule has 3 nitrogen and oxygen atoms in total. The van der Waals surface area contributed by atoms with E-state index in [1.165, 1.54) is 51.4 Å². The third-order valence-corrected chi connectivity index (χ3v) is 3.88. The summed E-state index contributed by atoms with van der Waals surface area (Å²) in [5, 5.41) is 6.47. The fraction of sp³-hybridized carbons (Fsp3) is 0.929. The monoisotopic (exact) mass is 238 g/mol. The largest absolute Gasteiger partial charge is 0.353 e. The second kappa shape index (κ2) is 7.00. The first-order valence-corrected chi connectivity index (χ1v) is 7.34. The van der Waals surface area contributed by atoms with Crippen LogP contribution in [0, 0.1) is 5.92 Å². The lowest BCUT2D eigenvalue weighted by Crippen LogP contribution is -2.31. The van der Waals surface area contributed by atoms with Gasteiger partial charge >= 0.3 is 0 Å². The average molecular weight is 238 g/mol. The molecule has 0 bridgehead atoms. The Morgan fingerprint density at radius 3 is 2.35 bits per heavy atom. The molecule has 2 rings (SSSR count). The van der Waals surface area contributed by atoms with Gasteiger partial charge in [-0.25, -0.2) is 0 Å². The molecule has 1 amide bonds. The van der Waals surface area contributed by atoms with Crippen LogP contribution < -0.4 is 10.6 Å². The minimum atomic E-state index is 0.223. The Labute approximate surface area is 105 Å². The lowest BCUT2D eigenvalue weighted by Gasteiger charge is -2.14. The Bertz CT molecular complexity index is 230. The number of rotatable bonds is 6. The Morgan fingerprint density at radius 1 is 1.00 bits per heavy atom. The van der Waals surface area contributed by atoms with Crippen molar-refractivity contribution in [3.8, 4) is 0 Å². The van der Waals surface area contributed by atoms with Gasteiger partial charge in [-0.05, 0) is 38.1 Å². The fourth-order valence-electron chi connectivity index (χ4n) is 2.60. The second-order valence-corrected chi connectivity index (χ2v) is 5.65. The van der Waals surface area contributed by atoms with Gasteiger partial charge in [-0.2, -0.15) is 0 Å². The molecule has 98 valence electrons. The van der Waals surface area contributed by atoms with E-state index in [0.717, 1.165) is 19.0 Å². The maximum absolute atomic E-state index is 11.4. The molecule has 0 aromatic rings. The zero-order valence-corrected chi connectivity index (χ0v) is 10.8. The van der Waals surface area contributed by atoms with Crippen LogP contribution in [0.25, 0.3) is 0 Å². The minimum absolute atomic E-state index is 0.223. The summed E-state index contributed by atoms with van der Waals surface area (Å²) in [4.78, 5) is 11.4. The number of nitrogens with one attached hydrogen (secondary N) is 2. The topological polar surface area (TPSA) is 41.1 Å². The fourth-order valence-corrected chi connectivity index (χ4v) is 2.60. The summed E-state index contributed by atoms with van der Waals surface area (Å²) in [5.74, 6) is 1.07. The smallest absolute Gasteiger partial charge is 0.221 e. The maximum Gasteiger partial charge on any atom is 0.221 e. The van der Waals surface area contributed by atoms with Gasteiger partial charge in [0.2, 0.25) is 5.91 Å². The van der Waals surface area contributed by atoms with Gasteiger partial charge in [0.05, 0.1) is 0 Å². The van der Waals surface area contributed by atoms with Crippen molar-refractivity contribution in [1.29, 1.82) is 0 Å². The molecule has 2 saturated carbocycles. The zero-order chi connectivity index (χ0) is 11.9. The molecule has 0 saturated heterocycles. The molecule has 0 aromatic carbocycles. The van der Waals surface area contributed by atoms with E-state index in [1.807, 2.05) is 0 Å². The van der Waals surface area contributed by atoms with Crippen LogP contribution in [0.15, 0.2) is 0 Å². The summed E-state index contributed by atoms with van der Waals surface area (Å²) in [5.41, 5.74) is 0. The second-order valence-electron chi connectivity index (χ2n) is 5.65. The highest BCUT2D eigenvalue weighted by Crippen LogP contribution is 2.22. The molecule has 0 spiro atoms. The highest BCUT2D eigenvalue weighted by atomic mass is 16.1. The quantitative estimate of drug-likeness (QED) is 0.550. The number of hydrogen-bond donors (Lipinski definition) is 2. The van der Waals surface area contributed by atoms with Gasteiger partial charge in [-0.15, -0.1) is 0 Å². The van der Waals surface area contributed by atoms with Crippen molar-refractivity contribution in [1.82, 2.24) is 10.6 Å². The minimum Gasteiger partial charge on any atom is -0.353 e. The predicted molar refractivity (Wildman–Crippen MR) is 69.8 cm³/mol. The molecule has 2 aliphatic carbocycles. The van der Waals surface area contributed by atoms with Gasteiger partial charge in [-0.3, -0.25) is 4.79 Å². The third kappa shape index (κ3) is 5.53. The summed E-state index contributed by atoms with van der Waals surface area (Å²) >= 11 is 0. The number of amides is 1. The molecule has 0 aliphatic heterocycles. The van der Waals surface area contributed by atoms with Crippen LogP contribution in [0.1, 0.15) is 57.8 Å². The van der Waals surface area contributed by atoms with Gasteiger partial charge in [-0.1, -0.05) is 25.7 Å². The molecule has 2 aliphatic rings. The van der Waals surface area contributed by atoms with Crippen LogP contribution in [0.5, 0.6) is 0 Å². The van der Waals surface area contributed by atoms with E-state index in [-0.39, 0.29) is 5.91 Å². The molecule has 0 heterocycles. The van der Waals surface area contributed by atoms with Crippen LogP contribution in [0.3, 0.4) is 0 Å². The average Bonchev–Trinajstić information content (AvgIpc) is 3.11. The van der Waals surface area contributed by atoms with E-state index in [1.54, 1.807) is 0 Å². The first-order chi connectivity index (χ1) is 8.34. The summed E-state index contributed by atoms with van der Waals surface area (Å²) in [6.07, 6.45) is 11.4. The lowest BCUT2D eigenvalue weighted by atomic mass is 10.0. The predicted octanol–water partition coefficient (Wildman–Crippen LogP) is 2.22. The molecular weight excluding hydrogens is 212 g/mol. The van der Waals surface area contributed by atoms with Crippen molar-refractivity contribution in [3.05, 3.63) is 0 Å².